The summed E-state index contributed by atoms with van der Waals surface area (Å²) in [7, 11) is 0. The molecular formula is C42H43BF2I2N2. The van der Waals surface area contributed by atoms with E-state index >= 15 is 8.63 Å². The third kappa shape index (κ3) is 6.74. The van der Waals surface area contributed by atoms with Crippen LogP contribution in [0.4, 0.5) is 8.63 Å². The molecule has 0 unspecified atom stereocenters. The first-order valence-electron chi connectivity index (χ1n) is 16.7. The summed E-state index contributed by atoms with van der Waals surface area (Å²) in [4.78, 5) is 0. The largest absolute Gasteiger partial charge is 0.737 e. The van der Waals surface area contributed by atoms with Gasteiger partial charge < -0.3 is 17.6 Å². The van der Waals surface area contributed by atoms with Gasteiger partial charge in [-0.2, -0.15) is 0 Å². The van der Waals surface area contributed by atoms with Crippen molar-refractivity contribution in [2.24, 2.45) is 0 Å². The maximum absolute atomic E-state index is 17.4. The SMILES string of the molecule is CC1=CC(/C=C/c2ccc(C(C)(C)C)cc2)=[N+]2C1=C(c1cc(I)c(C)c(I)c1)c1c(C)cc(/C=C/c3ccc(C(C)(C)C)cc3)n1[B-]2(F)F. The number of aryl methyl sites for hydroxylation is 1. The van der Waals surface area contributed by atoms with E-state index in [0.29, 0.717) is 22.8 Å². The fourth-order valence-corrected chi connectivity index (χ4v) is 8.53. The first kappa shape index (κ1) is 35.8. The van der Waals surface area contributed by atoms with Crippen LogP contribution in [-0.4, -0.2) is 21.6 Å². The highest BCUT2D eigenvalue weighted by atomic mass is 127. The third-order valence-corrected chi connectivity index (χ3v) is 11.9. The molecule has 2 aliphatic rings. The Balaban J connectivity index is 1.54. The van der Waals surface area contributed by atoms with Crippen molar-refractivity contribution in [1.82, 2.24) is 4.48 Å². The predicted molar refractivity (Wildman–Crippen MR) is 222 cm³/mol. The number of nitrogens with zero attached hydrogens (tertiary/aromatic N) is 2. The average molecular weight is 878 g/mol. The molecule has 0 saturated heterocycles. The lowest BCUT2D eigenvalue weighted by Gasteiger charge is -2.34. The Kier molecular flexibility index (Phi) is 9.44. The van der Waals surface area contributed by atoms with Gasteiger partial charge in [-0.15, -0.1) is 0 Å². The van der Waals surface area contributed by atoms with E-state index in [1.807, 2.05) is 50.3 Å². The van der Waals surface area contributed by atoms with E-state index in [1.54, 1.807) is 0 Å². The summed E-state index contributed by atoms with van der Waals surface area (Å²) in [6.07, 6.45) is 9.47. The molecule has 0 N–H and O–H groups in total. The number of fused-ring (bicyclic) bond motifs is 2. The molecule has 0 bridgehead atoms. The minimum atomic E-state index is -4.25. The fraction of sp³-hybridized carbons (Fsp3) is 0.262. The lowest BCUT2D eigenvalue weighted by atomic mass is 9.83. The Hall–Kier alpha value is -3.05. The van der Waals surface area contributed by atoms with Gasteiger partial charge in [0, 0.05) is 36.3 Å². The lowest BCUT2D eigenvalue weighted by molar-refractivity contribution is -0.362. The molecule has 3 heterocycles. The molecule has 4 aromatic rings. The van der Waals surface area contributed by atoms with Crippen molar-refractivity contribution in [1.29, 1.82) is 0 Å². The average Bonchev–Trinajstić information content (AvgIpc) is 3.54. The normalized spacial score (nSPS) is 16.2. The molecule has 0 aliphatic carbocycles. The van der Waals surface area contributed by atoms with Gasteiger partial charge in [0.2, 0.25) is 0 Å². The number of aromatic nitrogens is 1. The molecule has 0 radical (unpaired) electrons. The molecule has 2 nitrogen and oxygen atoms in total. The van der Waals surface area contributed by atoms with Gasteiger partial charge in [0.15, 0.2) is 11.4 Å². The van der Waals surface area contributed by atoms with Gasteiger partial charge >= 0.3 is 6.97 Å². The molecule has 252 valence electrons. The zero-order chi connectivity index (χ0) is 35.6. The molecule has 0 spiro atoms. The van der Waals surface area contributed by atoms with E-state index in [9.17, 15) is 0 Å². The zero-order valence-corrected chi connectivity index (χ0v) is 34.0. The number of benzene rings is 3. The molecule has 7 heteroatoms. The van der Waals surface area contributed by atoms with Crippen molar-refractivity contribution in [3.63, 3.8) is 0 Å². The van der Waals surface area contributed by atoms with Crippen LogP contribution >= 0.6 is 45.2 Å². The second-order valence-electron chi connectivity index (χ2n) is 15.4. The summed E-state index contributed by atoms with van der Waals surface area (Å²) < 4.78 is 39.6. The molecule has 0 fully saturated rings. The molecule has 0 atom stereocenters. The Bertz CT molecular complexity index is 2110. The van der Waals surface area contributed by atoms with Gasteiger partial charge in [0.05, 0.1) is 5.57 Å². The van der Waals surface area contributed by atoms with Crippen LogP contribution in [0, 0.1) is 21.0 Å². The molecule has 6 rings (SSSR count). The van der Waals surface area contributed by atoms with Gasteiger partial charge in [-0.05, 0) is 146 Å². The summed E-state index contributed by atoms with van der Waals surface area (Å²) >= 11 is 4.72. The Morgan fingerprint density at radius 2 is 1.18 bits per heavy atom. The summed E-state index contributed by atoms with van der Waals surface area (Å²) in [5.41, 5.74) is 11.2. The number of rotatable bonds is 5. The number of halogens is 4. The van der Waals surface area contributed by atoms with Crippen LogP contribution < -0.4 is 0 Å². The minimum absolute atomic E-state index is 0.0387. The van der Waals surface area contributed by atoms with Crippen LogP contribution in [0.15, 0.2) is 90.2 Å². The van der Waals surface area contributed by atoms with Gasteiger partial charge in [-0.25, -0.2) is 0 Å². The number of hydrogen-bond donors (Lipinski definition) is 0. The van der Waals surface area contributed by atoms with E-state index in [-0.39, 0.29) is 10.8 Å². The third-order valence-electron chi connectivity index (χ3n) is 9.62. The first-order valence-corrected chi connectivity index (χ1v) is 18.9. The molecule has 0 saturated carbocycles. The standard InChI is InChI=1S/C42H43BF2I2N2/c1-26-22-34(20-14-29-10-16-32(17-11-29)41(4,5)6)48-39(26)38(31-24-36(46)28(3)37(47)25-31)40-27(2)23-35(49(40)43(48,44)45)21-15-30-12-18-33(19-13-30)42(7,8)9/h10-25H,1-9H3/b20-14+,21-15+. The van der Waals surface area contributed by atoms with Crippen LogP contribution in [0.1, 0.15) is 98.8 Å². The van der Waals surface area contributed by atoms with Gasteiger partial charge in [0.25, 0.3) is 0 Å². The van der Waals surface area contributed by atoms with Crippen LogP contribution in [0.2, 0.25) is 0 Å². The molecule has 3 aromatic carbocycles. The second kappa shape index (κ2) is 12.9. The molecule has 49 heavy (non-hydrogen) atoms. The topological polar surface area (TPSA) is 7.94 Å². The minimum Gasteiger partial charge on any atom is -0.390 e. The van der Waals surface area contributed by atoms with E-state index in [0.717, 1.165) is 40.5 Å². The Labute approximate surface area is 317 Å². The Morgan fingerprint density at radius 3 is 1.67 bits per heavy atom. The van der Waals surface area contributed by atoms with E-state index < -0.39 is 6.97 Å². The molecule has 2 aliphatic heterocycles. The van der Waals surface area contributed by atoms with Crippen molar-refractivity contribution >= 4 is 81.7 Å². The molecular weight excluding hydrogens is 835 g/mol. The summed E-state index contributed by atoms with van der Waals surface area (Å²) in [6.45, 7) is 14.9. The van der Waals surface area contributed by atoms with Crippen LogP contribution in [-0.2, 0) is 10.8 Å². The van der Waals surface area contributed by atoms with Gasteiger partial charge in [-0.1, -0.05) is 96.1 Å². The lowest BCUT2D eigenvalue weighted by Crippen LogP contribution is -2.51. The Morgan fingerprint density at radius 1 is 0.694 bits per heavy atom. The monoisotopic (exact) mass is 878 g/mol. The second-order valence-corrected chi connectivity index (χ2v) is 17.7. The summed E-state index contributed by atoms with van der Waals surface area (Å²) in [5, 5.41) is 0. The number of allylic oxidation sites excluding steroid dienone is 3. The fourth-order valence-electron chi connectivity index (χ4n) is 6.76. The van der Waals surface area contributed by atoms with Crippen LogP contribution in [0.3, 0.4) is 0 Å². The highest BCUT2D eigenvalue weighted by Crippen LogP contribution is 2.45. The van der Waals surface area contributed by atoms with Crippen molar-refractivity contribution in [2.75, 3.05) is 0 Å². The van der Waals surface area contributed by atoms with E-state index in [1.165, 1.54) is 25.7 Å². The smallest absolute Gasteiger partial charge is 0.390 e. The van der Waals surface area contributed by atoms with Crippen LogP contribution in [0.5, 0.6) is 0 Å². The highest BCUT2D eigenvalue weighted by Gasteiger charge is 2.55. The van der Waals surface area contributed by atoms with Gasteiger partial charge in [0.1, 0.15) is 0 Å². The highest BCUT2D eigenvalue weighted by molar-refractivity contribution is 14.1. The molecule has 0 amide bonds. The quantitative estimate of drug-likeness (QED) is 0.139. The van der Waals surface area contributed by atoms with Gasteiger partial charge in [-0.3, -0.25) is 0 Å². The predicted octanol–water partition coefficient (Wildman–Crippen LogP) is 12.2. The van der Waals surface area contributed by atoms with E-state index in [2.05, 4.69) is 154 Å². The van der Waals surface area contributed by atoms with Crippen molar-refractivity contribution in [3.05, 3.63) is 148 Å². The number of hydrogen-bond acceptors (Lipinski definition) is 0. The molecule has 1 aromatic heterocycles. The maximum atomic E-state index is 17.4. The van der Waals surface area contributed by atoms with E-state index in [4.69, 9.17) is 0 Å². The summed E-state index contributed by atoms with van der Waals surface area (Å²) in [6, 6.07) is 22.9. The van der Waals surface area contributed by atoms with Crippen molar-refractivity contribution in [3.8, 4) is 0 Å². The van der Waals surface area contributed by atoms with Crippen molar-refractivity contribution in [2.45, 2.75) is 73.1 Å². The van der Waals surface area contributed by atoms with Crippen LogP contribution in [0.25, 0.3) is 23.8 Å². The maximum Gasteiger partial charge on any atom is 0.737 e. The summed E-state index contributed by atoms with van der Waals surface area (Å²) in [5.74, 6) is 0. The van der Waals surface area contributed by atoms with Crippen molar-refractivity contribution < 1.29 is 13.1 Å². The zero-order valence-electron chi connectivity index (χ0n) is 29.7. The first-order chi connectivity index (χ1) is 22.9.